The summed E-state index contributed by atoms with van der Waals surface area (Å²) in [5, 5.41) is 9.42. The summed E-state index contributed by atoms with van der Waals surface area (Å²) in [7, 11) is 2.07. The fraction of sp³-hybridized carbons (Fsp3) is 1.00. The second-order valence-corrected chi connectivity index (χ2v) is 5.50. The van der Waals surface area contributed by atoms with Crippen LogP contribution < -0.4 is 5.73 Å². The highest BCUT2D eigenvalue weighted by atomic mass is 16.5. The van der Waals surface area contributed by atoms with Crippen molar-refractivity contribution in [1.82, 2.24) is 4.90 Å². The fourth-order valence-corrected chi connectivity index (χ4v) is 2.67. The summed E-state index contributed by atoms with van der Waals surface area (Å²) >= 11 is 0. The molecule has 2 rings (SSSR count). The van der Waals surface area contributed by atoms with Gasteiger partial charge in [0.2, 0.25) is 0 Å². The van der Waals surface area contributed by atoms with Crippen LogP contribution in [0.2, 0.25) is 0 Å². The van der Waals surface area contributed by atoms with Gasteiger partial charge in [-0.15, -0.1) is 0 Å². The molecule has 0 aromatic rings. The lowest BCUT2D eigenvalue weighted by Gasteiger charge is -2.33. The third kappa shape index (κ3) is 2.94. The summed E-state index contributed by atoms with van der Waals surface area (Å²) in [6, 6.07) is 0. The van der Waals surface area contributed by atoms with Gasteiger partial charge in [0.05, 0.1) is 18.2 Å². The highest BCUT2D eigenvalue weighted by Gasteiger charge is 2.42. The molecule has 0 amide bonds. The van der Waals surface area contributed by atoms with E-state index < -0.39 is 5.54 Å². The number of hydrogen-bond donors (Lipinski definition) is 2. The predicted molar refractivity (Wildman–Crippen MR) is 63.2 cm³/mol. The van der Waals surface area contributed by atoms with E-state index >= 15 is 0 Å². The van der Waals surface area contributed by atoms with E-state index in [1.165, 1.54) is 19.3 Å². The minimum Gasteiger partial charge on any atom is -0.394 e. The molecule has 16 heavy (non-hydrogen) atoms. The minimum atomic E-state index is -0.395. The van der Waals surface area contributed by atoms with E-state index in [0.29, 0.717) is 12.0 Å². The molecule has 0 radical (unpaired) electrons. The average Bonchev–Trinajstić information content (AvgIpc) is 3.00. The molecule has 4 nitrogen and oxygen atoms in total. The second-order valence-electron chi connectivity index (χ2n) is 5.50. The molecule has 2 fully saturated rings. The third-order valence-corrected chi connectivity index (χ3v) is 3.79. The first kappa shape index (κ1) is 12.3. The van der Waals surface area contributed by atoms with Crippen molar-refractivity contribution in [2.45, 2.75) is 37.3 Å². The van der Waals surface area contributed by atoms with E-state index in [9.17, 15) is 5.11 Å². The molecule has 2 unspecified atom stereocenters. The molecule has 2 atom stereocenters. The summed E-state index contributed by atoms with van der Waals surface area (Å²) < 4.78 is 5.60. The smallest absolute Gasteiger partial charge is 0.0702 e. The molecule has 1 aliphatic heterocycles. The summed E-state index contributed by atoms with van der Waals surface area (Å²) in [5.74, 6) is 0.518. The third-order valence-electron chi connectivity index (χ3n) is 3.79. The van der Waals surface area contributed by atoms with E-state index in [1.54, 1.807) is 0 Å². The Kier molecular flexibility index (Phi) is 3.85. The lowest BCUT2D eigenvalue weighted by Crippen LogP contribution is -2.55. The van der Waals surface area contributed by atoms with Gasteiger partial charge in [-0.25, -0.2) is 0 Å². The van der Waals surface area contributed by atoms with Gasteiger partial charge in [-0.05, 0) is 38.6 Å². The number of rotatable bonds is 6. The molecule has 0 aromatic heterocycles. The first-order valence-electron chi connectivity index (χ1n) is 6.34. The molecule has 3 N–H and O–H groups in total. The molecule has 1 aliphatic carbocycles. The fourth-order valence-electron chi connectivity index (χ4n) is 2.67. The molecule has 0 spiro atoms. The van der Waals surface area contributed by atoms with Crippen molar-refractivity contribution < 1.29 is 9.84 Å². The minimum absolute atomic E-state index is 0.0908. The molecular weight excluding hydrogens is 204 g/mol. The first-order valence-corrected chi connectivity index (χ1v) is 6.34. The number of aliphatic hydroxyl groups excluding tert-OH is 1. The number of likely N-dealkylation sites (N-methyl/N-ethyl adjacent to an activating group) is 1. The van der Waals surface area contributed by atoms with Gasteiger partial charge in [0.1, 0.15) is 0 Å². The van der Waals surface area contributed by atoms with Crippen molar-refractivity contribution >= 4 is 0 Å². The average molecular weight is 228 g/mol. The standard InChI is InChI=1S/C12H24N2O2/c1-14(7-11-3-2-6-16-11)8-12(13,9-15)10-4-5-10/h10-11,15H,2-9,13H2,1H3. The number of ether oxygens (including phenoxy) is 1. The first-order chi connectivity index (χ1) is 7.64. The van der Waals surface area contributed by atoms with Crippen LogP contribution in [0.5, 0.6) is 0 Å². The van der Waals surface area contributed by atoms with E-state index in [4.69, 9.17) is 10.5 Å². The maximum atomic E-state index is 9.42. The quantitative estimate of drug-likeness (QED) is 0.682. The Morgan fingerprint density at radius 3 is 2.69 bits per heavy atom. The number of aliphatic hydroxyl groups is 1. The van der Waals surface area contributed by atoms with Crippen LogP contribution >= 0.6 is 0 Å². The van der Waals surface area contributed by atoms with Gasteiger partial charge in [-0.3, -0.25) is 0 Å². The Morgan fingerprint density at radius 2 is 2.19 bits per heavy atom. The Balaban J connectivity index is 1.78. The molecular formula is C12H24N2O2. The SMILES string of the molecule is CN(CC1CCCO1)CC(N)(CO)C1CC1. The number of hydrogen-bond acceptors (Lipinski definition) is 4. The Morgan fingerprint density at radius 1 is 1.44 bits per heavy atom. The van der Waals surface area contributed by atoms with Crippen LogP contribution in [0.1, 0.15) is 25.7 Å². The van der Waals surface area contributed by atoms with Crippen molar-refractivity contribution in [3.05, 3.63) is 0 Å². The van der Waals surface area contributed by atoms with Crippen LogP contribution in [0.25, 0.3) is 0 Å². The molecule has 1 heterocycles. The van der Waals surface area contributed by atoms with Crippen molar-refractivity contribution in [2.24, 2.45) is 11.7 Å². The van der Waals surface area contributed by atoms with E-state index in [1.807, 2.05) is 0 Å². The molecule has 0 aromatic carbocycles. The van der Waals surface area contributed by atoms with Gasteiger partial charge in [0.15, 0.2) is 0 Å². The summed E-state index contributed by atoms with van der Waals surface area (Å²) in [6.07, 6.45) is 5.04. The monoisotopic (exact) mass is 228 g/mol. The normalized spacial score (nSPS) is 29.6. The van der Waals surface area contributed by atoms with Gasteiger partial charge in [0.25, 0.3) is 0 Å². The van der Waals surface area contributed by atoms with Crippen molar-refractivity contribution in [3.8, 4) is 0 Å². The van der Waals surface area contributed by atoms with Crippen molar-refractivity contribution in [1.29, 1.82) is 0 Å². The summed E-state index contributed by atoms with van der Waals surface area (Å²) in [4.78, 5) is 2.21. The predicted octanol–water partition coefficient (Wildman–Crippen LogP) is 0.197. The molecule has 1 saturated carbocycles. The molecule has 0 bridgehead atoms. The van der Waals surface area contributed by atoms with Gasteiger partial charge >= 0.3 is 0 Å². The Bertz CT molecular complexity index is 227. The molecule has 4 heteroatoms. The lowest BCUT2D eigenvalue weighted by atomic mass is 9.95. The van der Waals surface area contributed by atoms with E-state index in [-0.39, 0.29) is 6.61 Å². The molecule has 2 aliphatic rings. The van der Waals surface area contributed by atoms with Crippen LogP contribution in [0.4, 0.5) is 0 Å². The highest BCUT2D eigenvalue weighted by Crippen LogP contribution is 2.38. The Labute approximate surface area is 97.7 Å². The van der Waals surface area contributed by atoms with Crippen LogP contribution in [-0.2, 0) is 4.74 Å². The second kappa shape index (κ2) is 5.00. The maximum absolute atomic E-state index is 9.42. The zero-order chi connectivity index (χ0) is 11.6. The Hall–Kier alpha value is -0.160. The maximum Gasteiger partial charge on any atom is 0.0702 e. The van der Waals surface area contributed by atoms with Crippen LogP contribution in [0.3, 0.4) is 0 Å². The van der Waals surface area contributed by atoms with E-state index in [2.05, 4.69) is 11.9 Å². The number of nitrogens with two attached hydrogens (primary N) is 1. The van der Waals surface area contributed by atoms with Gasteiger partial charge in [-0.2, -0.15) is 0 Å². The van der Waals surface area contributed by atoms with Gasteiger partial charge in [-0.1, -0.05) is 0 Å². The van der Waals surface area contributed by atoms with Gasteiger partial charge < -0.3 is 20.5 Å². The van der Waals surface area contributed by atoms with E-state index in [0.717, 1.165) is 26.1 Å². The summed E-state index contributed by atoms with van der Waals surface area (Å²) in [6.45, 7) is 2.70. The van der Waals surface area contributed by atoms with Crippen LogP contribution in [0, 0.1) is 5.92 Å². The summed E-state index contributed by atoms with van der Waals surface area (Å²) in [5.41, 5.74) is 5.85. The topological polar surface area (TPSA) is 58.7 Å². The number of nitrogens with zero attached hydrogens (tertiary/aromatic N) is 1. The molecule has 94 valence electrons. The van der Waals surface area contributed by atoms with Crippen molar-refractivity contribution in [3.63, 3.8) is 0 Å². The van der Waals surface area contributed by atoms with Crippen molar-refractivity contribution in [2.75, 3.05) is 33.4 Å². The lowest BCUT2D eigenvalue weighted by molar-refractivity contribution is 0.0632. The van der Waals surface area contributed by atoms with Crippen LogP contribution in [0.15, 0.2) is 0 Å². The molecule has 1 saturated heterocycles. The zero-order valence-corrected chi connectivity index (χ0v) is 10.2. The van der Waals surface area contributed by atoms with Gasteiger partial charge in [0, 0.05) is 19.7 Å². The largest absolute Gasteiger partial charge is 0.394 e. The van der Waals surface area contributed by atoms with Crippen LogP contribution in [-0.4, -0.2) is 55.0 Å². The highest BCUT2D eigenvalue weighted by molar-refractivity contribution is 5.00. The zero-order valence-electron chi connectivity index (χ0n) is 10.2.